The fourth-order valence-electron chi connectivity index (χ4n) is 3.92. The van der Waals surface area contributed by atoms with Gasteiger partial charge < -0.3 is 9.64 Å². The summed E-state index contributed by atoms with van der Waals surface area (Å²) < 4.78 is 5.47. The minimum Gasteiger partial charge on any atom is -0.378 e. The van der Waals surface area contributed by atoms with Crippen molar-refractivity contribution in [1.29, 1.82) is 5.26 Å². The maximum Gasteiger partial charge on any atom is 0.151 e. The Balaban J connectivity index is 1.74. The van der Waals surface area contributed by atoms with Crippen molar-refractivity contribution in [2.75, 3.05) is 31.2 Å². The van der Waals surface area contributed by atoms with Gasteiger partial charge in [0, 0.05) is 36.0 Å². The molecule has 6 heteroatoms. The number of fused-ring (bicyclic) bond motifs is 1. The Morgan fingerprint density at radius 2 is 2.19 bits per heavy atom. The molecular weight excluding hydrogens is 326 g/mol. The lowest BCUT2D eigenvalue weighted by Crippen LogP contribution is -2.36. The van der Waals surface area contributed by atoms with Crippen LogP contribution in [0.2, 0.25) is 0 Å². The first-order valence-corrected chi connectivity index (χ1v) is 9.24. The van der Waals surface area contributed by atoms with Crippen LogP contribution in [0.4, 0.5) is 11.5 Å². The molecule has 3 heterocycles. The van der Waals surface area contributed by atoms with Gasteiger partial charge in [0.05, 0.1) is 31.4 Å². The van der Waals surface area contributed by atoms with E-state index in [1.165, 1.54) is 5.69 Å². The molecule has 2 unspecified atom stereocenters. The van der Waals surface area contributed by atoms with E-state index in [0.29, 0.717) is 0 Å². The number of nitrogens with zero attached hydrogens (tertiary/aromatic N) is 4. The molecule has 0 aliphatic carbocycles. The highest BCUT2D eigenvalue weighted by Gasteiger charge is 2.35. The van der Waals surface area contributed by atoms with Crippen LogP contribution in [0.25, 0.3) is 0 Å². The summed E-state index contributed by atoms with van der Waals surface area (Å²) in [5.41, 5.74) is 4.29. The Hall–Kier alpha value is -2.65. The monoisotopic (exact) mass is 349 g/mol. The molecule has 1 aromatic carbocycles. The lowest BCUT2D eigenvalue weighted by molar-refractivity contribution is 0.122. The number of aromatic amines is 1. The molecule has 0 bridgehead atoms. The van der Waals surface area contributed by atoms with Gasteiger partial charge in [-0.2, -0.15) is 10.4 Å². The van der Waals surface area contributed by atoms with Crippen LogP contribution in [0, 0.1) is 17.2 Å². The Kier molecular flexibility index (Phi) is 4.72. The molecule has 0 radical (unpaired) electrons. The van der Waals surface area contributed by atoms with Gasteiger partial charge in [0.15, 0.2) is 5.82 Å². The zero-order valence-corrected chi connectivity index (χ0v) is 15.0. The van der Waals surface area contributed by atoms with E-state index < -0.39 is 0 Å². The van der Waals surface area contributed by atoms with E-state index in [9.17, 15) is 5.26 Å². The van der Waals surface area contributed by atoms with E-state index in [-0.39, 0.29) is 11.8 Å². The van der Waals surface area contributed by atoms with Gasteiger partial charge in [-0.25, -0.2) is 4.99 Å². The summed E-state index contributed by atoms with van der Waals surface area (Å²) in [5.74, 6) is 0.510. The Morgan fingerprint density at radius 1 is 1.35 bits per heavy atom. The summed E-state index contributed by atoms with van der Waals surface area (Å²) in [7, 11) is 0. The second-order valence-corrected chi connectivity index (χ2v) is 6.81. The van der Waals surface area contributed by atoms with Crippen molar-refractivity contribution in [2.24, 2.45) is 10.9 Å². The molecule has 2 atom stereocenters. The van der Waals surface area contributed by atoms with Crippen LogP contribution in [0.15, 0.2) is 35.5 Å². The molecule has 6 nitrogen and oxygen atoms in total. The third-order valence-electron chi connectivity index (χ3n) is 5.18. The van der Waals surface area contributed by atoms with Gasteiger partial charge in [0.2, 0.25) is 0 Å². The van der Waals surface area contributed by atoms with E-state index in [0.717, 1.165) is 61.8 Å². The van der Waals surface area contributed by atoms with Crippen molar-refractivity contribution in [3.8, 4) is 6.07 Å². The maximum absolute atomic E-state index is 9.91. The third-order valence-corrected chi connectivity index (χ3v) is 5.18. The fraction of sp³-hybridized carbons (Fsp3) is 0.450. The van der Waals surface area contributed by atoms with Crippen molar-refractivity contribution < 1.29 is 4.74 Å². The molecule has 26 heavy (non-hydrogen) atoms. The number of anilines is 1. The SMILES string of the molecule is CCCC1=Nc2[nH]ncc2C(c2cccc(N3CCOCC3)c2)C1C#N. The number of rotatable bonds is 4. The van der Waals surface area contributed by atoms with Gasteiger partial charge in [-0.3, -0.25) is 5.10 Å². The number of aliphatic imine (C=N–C) groups is 1. The predicted octanol–water partition coefficient (Wildman–Crippen LogP) is 3.40. The van der Waals surface area contributed by atoms with Crippen LogP contribution in [0.1, 0.15) is 36.8 Å². The molecule has 2 aliphatic heterocycles. The van der Waals surface area contributed by atoms with Gasteiger partial charge in [-0.05, 0) is 24.1 Å². The van der Waals surface area contributed by atoms with E-state index in [2.05, 4.69) is 57.3 Å². The topological polar surface area (TPSA) is 77.3 Å². The zero-order chi connectivity index (χ0) is 17.9. The highest BCUT2D eigenvalue weighted by molar-refractivity contribution is 5.94. The number of nitriles is 1. The lowest BCUT2D eigenvalue weighted by Gasteiger charge is -2.31. The van der Waals surface area contributed by atoms with Crippen molar-refractivity contribution in [1.82, 2.24) is 10.2 Å². The minimum atomic E-state index is -0.250. The van der Waals surface area contributed by atoms with Crippen molar-refractivity contribution in [2.45, 2.75) is 25.7 Å². The molecular formula is C20H23N5O. The Bertz CT molecular complexity index is 844. The number of nitrogens with one attached hydrogen (secondary N) is 1. The van der Waals surface area contributed by atoms with Crippen LogP contribution >= 0.6 is 0 Å². The van der Waals surface area contributed by atoms with Crippen molar-refractivity contribution in [3.05, 3.63) is 41.6 Å². The van der Waals surface area contributed by atoms with Crippen LogP contribution in [-0.4, -0.2) is 42.2 Å². The van der Waals surface area contributed by atoms with Gasteiger partial charge in [0.25, 0.3) is 0 Å². The van der Waals surface area contributed by atoms with E-state index in [1.54, 1.807) is 0 Å². The molecule has 0 saturated carbocycles. The first-order chi connectivity index (χ1) is 12.8. The summed E-state index contributed by atoms with van der Waals surface area (Å²) in [6.45, 7) is 5.43. The quantitative estimate of drug-likeness (QED) is 0.918. The molecule has 2 aliphatic rings. The normalized spacial score (nSPS) is 22.5. The van der Waals surface area contributed by atoms with E-state index in [1.807, 2.05) is 6.20 Å². The number of H-pyrrole nitrogens is 1. The second-order valence-electron chi connectivity index (χ2n) is 6.81. The largest absolute Gasteiger partial charge is 0.378 e. The average molecular weight is 349 g/mol. The number of hydrogen-bond acceptors (Lipinski definition) is 5. The highest BCUT2D eigenvalue weighted by Crippen LogP contribution is 2.42. The number of hydrogen-bond donors (Lipinski definition) is 1. The fourth-order valence-corrected chi connectivity index (χ4v) is 3.92. The summed E-state index contributed by atoms with van der Waals surface area (Å²) in [6, 6.07) is 11.1. The molecule has 1 saturated heterocycles. The number of ether oxygens (including phenoxy) is 1. The molecule has 1 N–H and O–H groups in total. The van der Waals surface area contributed by atoms with Crippen molar-refractivity contribution in [3.63, 3.8) is 0 Å². The predicted molar refractivity (Wildman–Crippen MR) is 101 cm³/mol. The van der Waals surface area contributed by atoms with Gasteiger partial charge in [-0.1, -0.05) is 25.5 Å². The molecule has 1 aromatic heterocycles. The summed E-state index contributed by atoms with van der Waals surface area (Å²) in [4.78, 5) is 7.03. The Labute approximate surface area is 153 Å². The third kappa shape index (κ3) is 2.99. The van der Waals surface area contributed by atoms with Gasteiger partial charge >= 0.3 is 0 Å². The second kappa shape index (κ2) is 7.30. The molecule has 0 spiro atoms. The van der Waals surface area contributed by atoms with Crippen LogP contribution < -0.4 is 4.90 Å². The molecule has 2 aromatic rings. The molecule has 1 fully saturated rings. The molecule has 0 amide bonds. The standard InChI is InChI=1S/C20H23N5O/c1-2-4-18-16(12-21)19(17-13-22-24-20(17)23-18)14-5-3-6-15(11-14)25-7-9-26-10-8-25/h3,5-6,11,13,16,19H,2,4,7-10H2,1H3,(H,22,24). The van der Waals surface area contributed by atoms with Crippen molar-refractivity contribution >= 4 is 17.2 Å². The van der Waals surface area contributed by atoms with E-state index in [4.69, 9.17) is 4.74 Å². The Morgan fingerprint density at radius 3 is 2.96 bits per heavy atom. The van der Waals surface area contributed by atoms with Gasteiger partial charge in [0.1, 0.15) is 0 Å². The highest BCUT2D eigenvalue weighted by atomic mass is 16.5. The first kappa shape index (κ1) is 16.8. The maximum atomic E-state index is 9.91. The number of aromatic nitrogens is 2. The minimum absolute atomic E-state index is 0.0335. The summed E-state index contributed by atoms with van der Waals surface area (Å²) in [5, 5.41) is 17.1. The van der Waals surface area contributed by atoms with Crippen LogP contribution in [-0.2, 0) is 4.74 Å². The van der Waals surface area contributed by atoms with Crippen LogP contribution in [0.3, 0.4) is 0 Å². The summed E-state index contributed by atoms with van der Waals surface area (Å²) >= 11 is 0. The zero-order valence-electron chi connectivity index (χ0n) is 15.0. The number of morpholine rings is 1. The first-order valence-electron chi connectivity index (χ1n) is 9.24. The average Bonchev–Trinajstić information content (AvgIpc) is 3.16. The molecule has 134 valence electrons. The number of benzene rings is 1. The van der Waals surface area contributed by atoms with Crippen LogP contribution in [0.5, 0.6) is 0 Å². The van der Waals surface area contributed by atoms with E-state index >= 15 is 0 Å². The van der Waals surface area contributed by atoms with Gasteiger partial charge in [-0.15, -0.1) is 0 Å². The smallest absolute Gasteiger partial charge is 0.151 e. The lowest BCUT2D eigenvalue weighted by atomic mass is 9.77. The molecule has 4 rings (SSSR count). The summed E-state index contributed by atoms with van der Waals surface area (Å²) in [6.07, 6.45) is 3.62.